The van der Waals surface area contributed by atoms with Crippen LogP contribution in [0.5, 0.6) is 0 Å². The van der Waals surface area contributed by atoms with Crippen LogP contribution in [-0.2, 0) is 4.74 Å². The first kappa shape index (κ1) is 14.4. The van der Waals surface area contributed by atoms with E-state index in [2.05, 4.69) is 15.3 Å². The number of ether oxygens (including phenoxy) is 1. The summed E-state index contributed by atoms with van der Waals surface area (Å²) >= 11 is 0. The Hall–Kier alpha value is -2.05. The van der Waals surface area contributed by atoms with E-state index in [1.165, 1.54) is 0 Å². The van der Waals surface area contributed by atoms with Gasteiger partial charge in [-0.2, -0.15) is 0 Å². The Morgan fingerprint density at radius 1 is 1.35 bits per heavy atom. The third-order valence-electron chi connectivity index (χ3n) is 2.91. The van der Waals surface area contributed by atoms with Crippen LogP contribution in [0.1, 0.15) is 16.8 Å². The molecule has 1 amide bonds. The highest BCUT2D eigenvalue weighted by Crippen LogP contribution is 2.10. The van der Waals surface area contributed by atoms with Crippen molar-refractivity contribution in [2.24, 2.45) is 5.73 Å². The number of nitrogens with one attached hydrogen (secondary N) is 1. The molecule has 3 N–H and O–H groups in total. The first-order chi connectivity index (χ1) is 9.70. The fraction of sp³-hybridized carbons (Fsp3) is 0.357. The van der Waals surface area contributed by atoms with Crippen molar-refractivity contribution < 1.29 is 9.53 Å². The number of rotatable bonds is 6. The van der Waals surface area contributed by atoms with E-state index in [0.29, 0.717) is 30.7 Å². The Labute approximate surface area is 117 Å². The van der Waals surface area contributed by atoms with E-state index in [9.17, 15) is 4.79 Å². The Kier molecular flexibility index (Phi) is 4.97. The number of amides is 1. The Morgan fingerprint density at radius 2 is 2.10 bits per heavy atom. The molecule has 0 saturated carbocycles. The minimum absolute atomic E-state index is 0.0669. The second kappa shape index (κ2) is 6.93. The highest BCUT2D eigenvalue weighted by molar-refractivity contribution is 5.97. The van der Waals surface area contributed by atoms with Crippen molar-refractivity contribution in [2.45, 2.75) is 12.5 Å². The average molecular weight is 274 g/mol. The van der Waals surface area contributed by atoms with Gasteiger partial charge in [0.05, 0.1) is 17.6 Å². The summed E-state index contributed by atoms with van der Waals surface area (Å²) in [7, 11) is 1.61. The van der Waals surface area contributed by atoms with E-state index >= 15 is 0 Å². The minimum atomic E-state index is -0.137. The summed E-state index contributed by atoms with van der Waals surface area (Å²) < 4.78 is 4.94. The zero-order chi connectivity index (χ0) is 14.4. The third-order valence-corrected chi connectivity index (χ3v) is 2.91. The number of hydrogen-bond acceptors (Lipinski definition) is 5. The van der Waals surface area contributed by atoms with Crippen molar-refractivity contribution in [3.05, 3.63) is 36.2 Å². The van der Waals surface area contributed by atoms with E-state index in [1.807, 2.05) is 0 Å². The Bertz CT molecular complexity index is 588. The van der Waals surface area contributed by atoms with Crippen LogP contribution in [0.15, 0.2) is 30.6 Å². The summed E-state index contributed by atoms with van der Waals surface area (Å²) in [6, 6.07) is 5.19. The average Bonchev–Trinajstić information content (AvgIpc) is 2.47. The van der Waals surface area contributed by atoms with E-state index in [4.69, 9.17) is 10.5 Å². The van der Waals surface area contributed by atoms with Crippen molar-refractivity contribution in [3.8, 4) is 0 Å². The lowest BCUT2D eigenvalue weighted by Gasteiger charge is -2.11. The van der Waals surface area contributed by atoms with Gasteiger partial charge in [0.1, 0.15) is 0 Å². The van der Waals surface area contributed by atoms with Gasteiger partial charge in [0, 0.05) is 37.7 Å². The summed E-state index contributed by atoms with van der Waals surface area (Å²) in [4.78, 5) is 20.3. The van der Waals surface area contributed by atoms with E-state index in [1.54, 1.807) is 37.7 Å². The van der Waals surface area contributed by atoms with Gasteiger partial charge in [0.15, 0.2) is 0 Å². The molecule has 0 aliphatic rings. The predicted molar refractivity (Wildman–Crippen MR) is 76.3 cm³/mol. The van der Waals surface area contributed by atoms with E-state index in [-0.39, 0.29) is 11.9 Å². The summed E-state index contributed by atoms with van der Waals surface area (Å²) in [5, 5.41) is 2.83. The summed E-state index contributed by atoms with van der Waals surface area (Å²) in [5.74, 6) is -0.137. The molecule has 0 bridgehead atoms. The molecule has 20 heavy (non-hydrogen) atoms. The maximum Gasteiger partial charge on any atom is 0.251 e. The Balaban J connectivity index is 1.94. The zero-order valence-corrected chi connectivity index (χ0v) is 11.4. The molecule has 0 saturated heterocycles. The second-order valence-electron chi connectivity index (χ2n) is 4.52. The molecule has 0 radical (unpaired) electrons. The van der Waals surface area contributed by atoms with Crippen molar-refractivity contribution in [1.29, 1.82) is 0 Å². The van der Waals surface area contributed by atoms with Crippen LogP contribution < -0.4 is 11.1 Å². The standard InChI is InChI=1S/C14H18N4O2/c1-20-9-11(15)4-5-18-14(19)10-2-3-12-13(8-10)17-7-6-16-12/h2-3,6-8,11H,4-5,9,15H2,1H3,(H,18,19). The fourth-order valence-corrected chi connectivity index (χ4v) is 1.88. The maximum absolute atomic E-state index is 12.0. The monoisotopic (exact) mass is 274 g/mol. The lowest BCUT2D eigenvalue weighted by atomic mass is 10.1. The zero-order valence-electron chi connectivity index (χ0n) is 11.4. The van der Waals surface area contributed by atoms with Crippen LogP contribution in [0.2, 0.25) is 0 Å². The molecule has 1 heterocycles. The molecular weight excluding hydrogens is 256 g/mol. The van der Waals surface area contributed by atoms with Gasteiger partial charge < -0.3 is 15.8 Å². The molecule has 0 aliphatic carbocycles. The van der Waals surface area contributed by atoms with Crippen LogP contribution in [-0.4, -0.2) is 42.2 Å². The molecule has 0 spiro atoms. The maximum atomic E-state index is 12.0. The van der Waals surface area contributed by atoms with E-state index in [0.717, 1.165) is 5.52 Å². The molecule has 0 fully saturated rings. The molecule has 2 aromatic rings. The summed E-state index contributed by atoms with van der Waals surface area (Å²) in [6.45, 7) is 1.00. The van der Waals surface area contributed by atoms with E-state index < -0.39 is 0 Å². The van der Waals surface area contributed by atoms with Crippen molar-refractivity contribution in [2.75, 3.05) is 20.3 Å². The topological polar surface area (TPSA) is 90.1 Å². The van der Waals surface area contributed by atoms with Crippen LogP contribution in [0.4, 0.5) is 0 Å². The molecule has 0 aliphatic heterocycles. The first-order valence-corrected chi connectivity index (χ1v) is 6.44. The molecule has 1 aromatic carbocycles. The van der Waals surface area contributed by atoms with Gasteiger partial charge in [0.25, 0.3) is 5.91 Å². The molecular formula is C14H18N4O2. The van der Waals surface area contributed by atoms with Crippen LogP contribution in [0.3, 0.4) is 0 Å². The molecule has 6 heteroatoms. The van der Waals surface area contributed by atoms with Crippen molar-refractivity contribution in [1.82, 2.24) is 15.3 Å². The van der Waals surface area contributed by atoms with Gasteiger partial charge in [-0.3, -0.25) is 14.8 Å². The highest BCUT2D eigenvalue weighted by atomic mass is 16.5. The van der Waals surface area contributed by atoms with Crippen LogP contribution >= 0.6 is 0 Å². The number of hydrogen-bond donors (Lipinski definition) is 2. The normalized spacial score (nSPS) is 12.3. The predicted octanol–water partition coefficient (Wildman–Crippen LogP) is 0.723. The SMILES string of the molecule is COCC(N)CCNC(=O)c1ccc2nccnc2c1. The molecule has 2 rings (SSSR count). The largest absolute Gasteiger partial charge is 0.383 e. The van der Waals surface area contributed by atoms with Gasteiger partial charge in [-0.25, -0.2) is 0 Å². The molecule has 1 unspecified atom stereocenters. The number of benzene rings is 1. The van der Waals surface area contributed by atoms with Gasteiger partial charge in [-0.05, 0) is 24.6 Å². The van der Waals surface area contributed by atoms with Gasteiger partial charge >= 0.3 is 0 Å². The molecule has 6 nitrogen and oxygen atoms in total. The van der Waals surface area contributed by atoms with Gasteiger partial charge in [-0.1, -0.05) is 0 Å². The smallest absolute Gasteiger partial charge is 0.251 e. The third kappa shape index (κ3) is 3.72. The first-order valence-electron chi connectivity index (χ1n) is 6.44. The van der Waals surface area contributed by atoms with Gasteiger partial charge in [0.2, 0.25) is 0 Å². The highest BCUT2D eigenvalue weighted by Gasteiger charge is 2.08. The van der Waals surface area contributed by atoms with Crippen molar-refractivity contribution >= 4 is 16.9 Å². The summed E-state index contributed by atoms with van der Waals surface area (Å²) in [6.07, 6.45) is 3.90. The number of aromatic nitrogens is 2. The number of carbonyl (C=O) groups excluding carboxylic acids is 1. The number of nitrogens with two attached hydrogens (primary N) is 1. The number of methoxy groups -OCH3 is 1. The molecule has 106 valence electrons. The minimum Gasteiger partial charge on any atom is -0.383 e. The van der Waals surface area contributed by atoms with Gasteiger partial charge in [-0.15, -0.1) is 0 Å². The fourth-order valence-electron chi connectivity index (χ4n) is 1.88. The molecule has 1 atom stereocenters. The lowest BCUT2D eigenvalue weighted by Crippen LogP contribution is -2.32. The second-order valence-corrected chi connectivity index (χ2v) is 4.52. The Morgan fingerprint density at radius 3 is 2.85 bits per heavy atom. The summed E-state index contributed by atoms with van der Waals surface area (Å²) in [5.41, 5.74) is 7.83. The number of nitrogens with zero attached hydrogens (tertiary/aromatic N) is 2. The number of fused-ring (bicyclic) bond motifs is 1. The number of carbonyl (C=O) groups is 1. The van der Waals surface area contributed by atoms with Crippen LogP contribution in [0, 0.1) is 0 Å². The lowest BCUT2D eigenvalue weighted by molar-refractivity contribution is 0.0950. The molecule has 1 aromatic heterocycles. The van der Waals surface area contributed by atoms with Crippen LogP contribution in [0.25, 0.3) is 11.0 Å². The van der Waals surface area contributed by atoms with Crippen molar-refractivity contribution in [3.63, 3.8) is 0 Å². The quantitative estimate of drug-likeness (QED) is 0.810.